The maximum Gasteiger partial charge on any atom is 0.243 e. The van der Waals surface area contributed by atoms with Gasteiger partial charge >= 0.3 is 0 Å². The summed E-state index contributed by atoms with van der Waals surface area (Å²) >= 11 is 4.93. The SMILES string of the molecule is Cc1ccc(S(=O)(=O)N(C)CC(=O)N(C)Cc2ccc(Br)s2)cc1. The van der Waals surface area contributed by atoms with Gasteiger partial charge < -0.3 is 4.90 Å². The molecule has 0 unspecified atom stereocenters. The lowest BCUT2D eigenvalue weighted by Gasteiger charge is -2.21. The van der Waals surface area contributed by atoms with Gasteiger partial charge in [0.05, 0.1) is 21.8 Å². The molecule has 130 valence electrons. The summed E-state index contributed by atoms with van der Waals surface area (Å²) in [6, 6.07) is 10.4. The van der Waals surface area contributed by atoms with Crippen molar-refractivity contribution in [3.05, 3.63) is 50.6 Å². The van der Waals surface area contributed by atoms with Gasteiger partial charge in [-0.25, -0.2) is 8.42 Å². The Bertz CT molecular complexity index is 816. The number of halogens is 1. The van der Waals surface area contributed by atoms with Gasteiger partial charge in [-0.15, -0.1) is 11.3 Å². The quantitative estimate of drug-likeness (QED) is 0.707. The first kappa shape index (κ1) is 19.1. The number of rotatable bonds is 6. The molecule has 0 aliphatic rings. The minimum atomic E-state index is -3.67. The van der Waals surface area contributed by atoms with Crippen LogP contribution in [0.15, 0.2) is 45.1 Å². The third kappa shape index (κ3) is 4.66. The van der Waals surface area contributed by atoms with Crippen LogP contribution < -0.4 is 0 Å². The smallest absolute Gasteiger partial charge is 0.243 e. The zero-order chi connectivity index (χ0) is 17.9. The highest BCUT2D eigenvalue weighted by Gasteiger charge is 2.24. The van der Waals surface area contributed by atoms with Crippen LogP contribution in [-0.4, -0.2) is 44.2 Å². The molecule has 0 aliphatic carbocycles. The van der Waals surface area contributed by atoms with E-state index in [0.29, 0.717) is 6.54 Å². The third-order valence-electron chi connectivity index (χ3n) is 3.53. The second-order valence-electron chi connectivity index (χ2n) is 5.53. The summed E-state index contributed by atoms with van der Waals surface area (Å²) in [6.45, 7) is 2.15. The Balaban J connectivity index is 2.03. The molecule has 0 atom stereocenters. The van der Waals surface area contributed by atoms with Crippen molar-refractivity contribution in [3.8, 4) is 0 Å². The molecular weight excluding hydrogens is 412 g/mol. The molecule has 1 aromatic carbocycles. The molecule has 1 amide bonds. The minimum Gasteiger partial charge on any atom is -0.339 e. The van der Waals surface area contributed by atoms with Crippen molar-refractivity contribution in [2.75, 3.05) is 20.6 Å². The van der Waals surface area contributed by atoms with Crippen molar-refractivity contribution in [3.63, 3.8) is 0 Å². The first-order valence-electron chi connectivity index (χ1n) is 7.21. The Morgan fingerprint density at radius 1 is 1.12 bits per heavy atom. The molecule has 8 heteroatoms. The van der Waals surface area contributed by atoms with Crippen molar-refractivity contribution in [1.82, 2.24) is 9.21 Å². The predicted octanol–water partition coefficient (Wildman–Crippen LogP) is 3.10. The van der Waals surface area contributed by atoms with E-state index in [-0.39, 0.29) is 17.3 Å². The number of thiophene rings is 1. The van der Waals surface area contributed by atoms with E-state index in [1.54, 1.807) is 42.6 Å². The van der Waals surface area contributed by atoms with Crippen molar-refractivity contribution in [2.45, 2.75) is 18.4 Å². The van der Waals surface area contributed by atoms with Crippen LogP contribution in [0.2, 0.25) is 0 Å². The van der Waals surface area contributed by atoms with Crippen LogP contribution in [0.1, 0.15) is 10.4 Å². The second kappa shape index (κ2) is 7.77. The Morgan fingerprint density at radius 3 is 2.29 bits per heavy atom. The Hall–Kier alpha value is -1.22. The molecule has 0 N–H and O–H groups in total. The topological polar surface area (TPSA) is 57.7 Å². The van der Waals surface area contributed by atoms with E-state index in [1.165, 1.54) is 11.9 Å². The van der Waals surface area contributed by atoms with Gasteiger partial charge in [0.25, 0.3) is 0 Å². The zero-order valence-electron chi connectivity index (χ0n) is 13.7. The number of aryl methyl sites for hydroxylation is 1. The molecule has 2 rings (SSSR count). The number of hydrogen-bond acceptors (Lipinski definition) is 4. The lowest BCUT2D eigenvalue weighted by Crippen LogP contribution is -2.39. The summed E-state index contributed by atoms with van der Waals surface area (Å²) in [5, 5.41) is 0. The summed E-state index contributed by atoms with van der Waals surface area (Å²) in [4.78, 5) is 15.1. The number of sulfonamides is 1. The lowest BCUT2D eigenvalue weighted by atomic mass is 10.2. The summed E-state index contributed by atoms with van der Waals surface area (Å²) in [6.07, 6.45) is 0. The number of carbonyl (C=O) groups is 1. The molecule has 0 radical (unpaired) electrons. The number of likely N-dealkylation sites (N-methyl/N-ethyl adjacent to an activating group) is 2. The molecule has 0 aliphatic heterocycles. The molecule has 1 aromatic heterocycles. The largest absolute Gasteiger partial charge is 0.339 e. The highest BCUT2D eigenvalue weighted by Crippen LogP contribution is 2.23. The van der Waals surface area contributed by atoms with E-state index >= 15 is 0 Å². The molecule has 0 saturated heterocycles. The normalized spacial score (nSPS) is 11.7. The minimum absolute atomic E-state index is 0.188. The Kier molecular flexibility index (Phi) is 6.19. The van der Waals surface area contributed by atoms with Gasteiger partial charge in [-0.1, -0.05) is 17.7 Å². The molecule has 0 spiro atoms. The van der Waals surface area contributed by atoms with Crippen LogP contribution in [-0.2, 0) is 21.4 Å². The van der Waals surface area contributed by atoms with Crippen LogP contribution >= 0.6 is 27.3 Å². The van der Waals surface area contributed by atoms with Gasteiger partial charge in [0, 0.05) is 19.0 Å². The Labute approximate surface area is 155 Å². The van der Waals surface area contributed by atoms with Gasteiger partial charge in [-0.05, 0) is 47.1 Å². The van der Waals surface area contributed by atoms with Crippen LogP contribution in [0.3, 0.4) is 0 Å². The summed E-state index contributed by atoms with van der Waals surface area (Å²) in [7, 11) is -0.584. The van der Waals surface area contributed by atoms with Crippen LogP contribution in [0.4, 0.5) is 0 Å². The monoisotopic (exact) mass is 430 g/mol. The van der Waals surface area contributed by atoms with Gasteiger partial charge in [-0.3, -0.25) is 4.79 Å². The molecule has 24 heavy (non-hydrogen) atoms. The first-order chi connectivity index (χ1) is 11.2. The lowest BCUT2D eigenvalue weighted by molar-refractivity contribution is -0.130. The average molecular weight is 431 g/mol. The number of hydrogen-bond donors (Lipinski definition) is 0. The molecule has 0 fully saturated rings. The molecule has 2 aromatic rings. The number of benzene rings is 1. The van der Waals surface area contributed by atoms with Gasteiger partial charge in [-0.2, -0.15) is 4.31 Å². The van der Waals surface area contributed by atoms with Crippen molar-refractivity contribution < 1.29 is 13.2 Å². The number of carbonyl (C=O) groups excluding carboxylic acids is 1. The summed E-state index contributed by atoms with van der Waals surface area (Å²) in [5.74, 6) is -0.252. The predicted molar refractivity (Wildman–Crippen MR) is 99.5 cm³/mol. The highest BCUT2D eigenvalue weighted by atomic mass is 79.9. The second-order valence-corrected chi connectivity index (χ2v) is 10.1. The van der Waals surface area contributed by atoms with Crippen molar-refractivity contribution in [1.29, 1.82) is 0 Å². The van der Waals surface area contributed by atoms with Gasteiger partial charge in [0.1, 0.15) is 0 Å². The zero-order valence-corrected chi connectivity index (χ0v) is 16.9. The van der Waals surface area contributed by atoms with Gasteiger partial charge in [0.15, 0.2) is 0 Å². The van der Waals surface area contributed by atoms with E-state index in [9.17, 15) is 13.2 Å². The Morgan fingerprint density at radius 2 is 1.75 bits per heavy atom. The molecular formula is C16H19BrN2O3S2. The maximum absolute atomic E-state index is 12.5. The van der Waals surface area contributed by atoms with Crippen LogP contribution in [0.5, 0.6) is 0 Å². The van der Waals surface area contributed by atoms with Crippen LogP contribution in [0, 0.1) is 6.92 Å². The molecule has 0 bridgehead atoms. The highest BCUT2D eigenvalue weighted by molar-refractivity contribution is 9.11. The van der Waals surface area contributed by atoms with E-state index in [1.807, 2.05) is 19.1 Å². The molecule has 0 saturated carbocycles. The molecule has 5 nitrogen and oxygen atoms in total. The fourth-order valence-corrected chi connectivity index (χ4v) is 4.70. The van der Waals surface area contributed by atoms with Crippen LogP contribution in [0.25, 0.3) is 0 Å². The van der Waals surface area contributed by atoms with E-state index < -0.39 is 10.0 Å². The fourth-order valence-electron chi connectivity index (χ4n) is 2.05. The fraction of sp³-hybridized carbons (Fsp3) is 0.312. The number of amides is 1. The first-order valence-corrected chi connectivity index (χ1v) is 10.3. The summed E-state index contributed by atoms with van der Waals surface area (Å²) < 4.78 is 27.1. The standard InChI is InChI=1S/C16H19BrN2O3S2/c1-12-4-7-14(8-5-12)24(21,22)19(3)11-16(20)18(2)10-13-6-9-15(17)23-13/h4-9H,10-11H2,1-3H3. The van der Waals surface area contributed by atoms with Gasteiger partial charge in [0.2, 0.25) is 15.9 Å². The molecule has 1 heterocycles. The third-order valence-corrected chi connectivity index (χ3v) is 6.96. The summed E-state index contributed by atoms with van der Waals surface area (Å²) in [5.41, 5.74) is 0.981. The van der Waals surface area contributed by atoms with E-state index in [0.717, 1.165) is 18.5 Å². The van der Waals surface area contributed by atoms with Crippen molar-refractivity contribution in [2.24, 2.45) is 0 Å². The van der Waals surface area contributed by atoms with Crippen molar-refractivity contribution >= 4 is 43.2 Å². The van der Waals surface area contributed by atoms with E-state index in [4.69, 9.17) is 0 Å². The average Bonchev–Trinajstić information content (AvgIpc) is 2.92. The van der Waals surface area contributed by atoms with E-state index in [2.05, 4.69) is 15.9 Å². The maximum atomic E-state index is 12.5. The number of nitrogens with zero attached hydrogens (tertiary/aromatic N) is 2.